The molecule has 0 fully saturated rings. The van der Waals surface area contributed by atoms with Gasteiger partial charge in [0.15, 0.2) is 0 Å². The number of allylic oxidation sites excluding steroid dienone is 1. The molecule has 0 heterocycles. The quantitative estimate of drug-likeness (QED) is 0.621. The predicted octanol–water partition coefficient (Wildman–Crippen LogP) is 4.27. The van der Waals surface area contributed by atoms with Gasteiger partial charge in [0.25, 0.3) is 0 Å². The van der Waals surface area contributed by atoms with E-state index in [-0.39, 0.29) is 5.41 Å². The Labute approximate surface area is 87.7 Å². The van der Waals surface area contributed by atoms with Crippen molar-refractivity contribution in [3.63, 3.8) is 0 Å². The van der Waals surface area contributed by atoms with Crippen molar-refractivity contribution >= 4 is 0 Å². The monoisotopic (exact) mass is 188 g/mol. The van der Waals surface area contributed by atoms with Crippen LogP contribution in [0.15, 0.2) is 36.9 Å². The van der Waals surface area contributed by atoms with Gasteiger partial charge in [-0.1, -0.05) is 58.0 Å². The van der Waals surface area contributed by atoms with Gasteiger partial charge in [0.1, 0.15) is 0 Å². The minimum atomic E-state index is 0.0703. The van der Waals surface area contributed by atoms with E-state index in [0.717, 1.165) is 0 Å². The third-order valence-corrected chi connectivity index (χ3v) is 2.79. The standard InChI is InChI=1S/C14H20/c1-6-14(4,5)13-10-8-7-9-12(13)11(2)3/h6-11H,1H2,2-5H3. The molecule has 0 N–H and O–H groups in total. The first-order valence-corrected chi connectivity index (χ1v) is 5.22. The minimum Gasteiger partial charge on any atom is -0.102 e. The molecular formula is C14H20. The molecule has 1 aromatic carbocycles. The molecule has 0 saturated carbocycles. The lowest BCUT2D eigenvalue weighted by atomic mass is 9.79. The second-order valence-electron chi connectivity index (χ2n) is 4.67. The molecule has 14 heavy (non-hydrogen) atoms. The van der Waals surface area contributed by atoms with Crippen LogP contribution in [0, 0.1) is 0 Å². The van der Waals surface area contributed by atoms with Gasteiger partial charge in [-0.2, -0.15) is 0 Å². The molecule has 0 radical (unpaired) electrons. The SMILES string of the molecule is C=CC(C)(C)c1ccccc1C(C)C. The van der Waals surface area contributed by atoms with Gasteiger partial charge >= 0.3 is 0 Å². The number of hydrogen-bond donors (Lipinski definition) is 0. The van der Waals surface area contributed by atoms with Gasteiger partial charge in [0.2, 0.25) is 0 Å². The molecule has 1 aromatic rings. The zero-order valence-electron chi connectivity index (χ0n) is 9.67. The molecule has 0 atom stereocenters. The van der Waals surface area contributed by atoms with Crippen molar-refractivity contribution in [3.05, 3.63) is 48.0 Å². The van der Waals surface area contributed by atoms with Gasteiger partial charge in [-0.05, 0) is 17.0 Å². The Hall–Kier alpha value is -1.04. The summed E-state index contributed by atoms with van der Waals surface area (Å²) in [6, 6.07) is 8.63. The van der Waals surface area contributed by atoms with Gasteiger partial charge in [-0.15, -0.1) is 6.58 Å². The highest BCUT2D eigenvalue weighted by Crippen LogP contribution is 2.31. The van der Waals surface area contributed by atoms with Crippen LogP contribution in [-0.4, -0.2) is 0 Å². The molecular weight excluding hydrogens is 168 g/mol. The molecule has 0 nitrogen and oxygen atoms in total. The van der Waals surface area contributed by atoms with Crippen molar-refractivity contribution in [2.24, 2.45) is 0 Å². The Morgan fingerprint density at radius 1 is 1.21 bits per heavy atom. The number of hydrogen-bond acceptors (Lipinski definition) is 0. The van der Waals surface area contributed by atoms with E-state index in [0.29, 0.717) is 5.92 Å². The molecule has 0 aliphatic heterocycles. The maximum atomic E-state index is 3.91. The van der Waals surface area contributed by atoms with Crippen LogP contribution in [0.1, 0.15) is 44.7 Å². The van der Waals surface area contributed by atoms with Crippen LogP contribution in [0.25, 0.3) is 0 Å². The number of rotatable bonds is 3. The molecule has 0 heteroatoms. The highest BCUT2D eigenvalue weighted by atomic mass is 14.2. The average molecular weight is 188 g/mol. The van der Waals surface area contributed by atoms with Crippen LogP contribution < -0.4 is 0 Å². The Morgan fingerprint density at radius 3 is 2.29 bits per heavy atom. The Bertz CT molecular complexity index is 319. The van der Waals surface area contributed by atoms with Crippen molar-refractivity contribution in [2.45, 2.75) is 39.0 Å². The van der Waals surface area contributed by atoms with Crippen molar-refractivity contribution in [1.82, 2.24) is 0 Å². The van der Waals surface area contributed by atoms with E-state index in [2.05, 4.69) is 58.5 Å². The molecule has 0 aliphatic rings. The predicted molar refractivity (Wildman–Crippen MR) is 63.8 cm³/mol. The van der Waals surface area contributed by atoms with Gasteiger partial charge in [-0.3, -0.25) is 0 Å². The van der Waals surface area contributed by atoms with Crippen LogP contribution in [-0.2, 0) is 5.41 Å². The molecule has 76 valence electrons. The topological polar surface area (TPSA) is 0 Å². The first kappa shape index (κ1) is 11.0. The van der Waals surface area contributed by atoms with E-state index in [1.807, 2.05) is 6.08 Å². The molecule has 0 saturated heterocycles. The Kier molecular flexibility index (Phi) is 3.15. The fourth-order valence-electron chi connectivity index (χ4n) is 1.70. The van der Waals surface area contributed by atoms with E-state index >= 15 is 0 Å². The van der Waals surface area contributed by atoms with E-state index < -0.39 is 0 Å². The lowest BCUT2D eigenvalue weighted by Gasteiger charge is -2.25. The van der Waals surface area contributed by atoms with Crippen molar-refractivity contribution in [3.8, 4) is 0 Å². The maximum absolute atomic E-state index is 3.91. The Balaban J connectivity index is 3.26. The van der Waals surface area contributed by atoms with Crippen LogP contribution >= 0.6 is 0 Å². The normalized spacial score (nSPS) is 11.8. The molecule has 0 aromatic heterocycles. The Morgan fingerprint density at radius 2 is 1.79 bits per heavy atom. The maximum Gasteiger partial charge on any atom is 0.00755 e. The zero-order valence-corrected chi connectivity index (χ0v) is 9.67. The van der Waals surface area contributed by atoms with Crippen LogP contribution in [0.3, 0.4) is 0 Å². The third kappa shape index (κ3) is 2.06. The van der Waals surface area contributed by atoms with Crippen molar-refractivity contribution in [1.29, 1.82) is 0 Å². The van der Waals surface area contributed by atoms with Gasteiger partial charge < -0.3 is 0 Å². The second-order valence-corrected chi connectivity index (χ2v) is 4.67. The smallest absolute Gasteiger partial charge is 0.00755 e. The summed E-state index contributed by atoms with van der Waals surface area (Å²) in [6.07, 6.45) is 2.02. The largest absolute Gasteiger partial charge is 0.102 e. The highest BCUT2D eigenvalue weighted by Gasteiger charge is 2.20. The summed E-state index contributed by atoms with van der Waals surface area (Å²) in [5.41, 5.74) is 2.89. The lowest BCUT2D eigenvalue weighted by Crippen LogP contribution is -2.16. The molecule has 0 aliphatic carbocycles. The highest BCUT2D eigenvalue weighted by molar-refractivity contribution is 5.38. The summed E-state index contributed by atoms with van der Waals surface area (Å²) in [5.74, 6) is 0.574. The van der Waals surface area contributed by atoms with E-state index in [1.54, 1.807) is 0 Å². The van der Waals surface area contributed by atoms with E-state index in [1.165, 1.54) is 11.1 Å². The number of benzene rings is 1. The average Bonchev–Trinajstić information content (AvgIpc) is 2.18. The van der Waals surface area contributed by atoms with Crippen molar-refractivity contribution in [2.75, 3.05) is 0 Å². The van der Waals surface area contributed by atoms with Gasteiger partial charge in [0, 0.05) is 5.41 Å². The molecule has 0 amide bonds. The van der Waals surface area contributed by atoms with E-state index in [4.69, 9.17) is 0 Å². The molecule has 0 bridgehead atoms. The lowest BCUT2D eigenvalue weighted by molar-refractivity contribution is 0.651. The zero-order chi connectivity index (χ0) is 10.8. The summed E-state index contributed by atoms with van der Waals surface area (Å²) in [4.78, 5) is 0. The summed E-state index contributed by atoms with van der Waals surface area (Å²) in [5, 5.41) is 0. The summed E-state index contributed by atoms with van der Waals surface area (Å²) in [7, 11) is 0. The summed E-state index contributed by atoms with van der Waals surface area (Å²) >= 11 is 0. The van der Waals surface area contributed by atoms with Crippen molar-refractivity contribution < 1.29 is 0 Å². The fraction of sp³-hybridized carbons (Fsp3) is 0.429. The van der Waals surface area contributed by atoms with Crippen LogP contribution in [0.2, 0.25) is 0 Å². The molecule has 0 spiro atoms. The minimum absolute atomic E-state index is 0.0703. The van der Waals surface area contributed by atoms with Crippen LogP contribution in [0.5, 0.6) is 0 Å². The third-order valence-electron chi connectivity index (χ3n) is 2.79. The molecule has 0 unspecified atom stereocenters. The first-order chi connectivity index (χ1) is 6.49. The summed E-state index contributed by atoms with van der Waals surface area (Å²) in [6.45, 7) is 12.8. The second kappa shape index (κ2) is 4.00. The first-order valence-electron chi connectivity index (χ1n) is 5.22. The van der Waals surface area contributed by atoms with Gasteiger partial charge in [-0.25, -0.2) is 0 Å². The van der Waals surface area contributed by atoms with Gasteiger partial charge in [0.05, 0.1) is 0 Å². The summed E-state index contributed by atoms with van der Waals surface area (Å²) < 4.78 is 0. The van der Waals surface area contributed by atoms with E-state index in [9.17, 15) is 0 Å². The molecule has 1 rings (SSSR count). The fourth-order valence-corrected chi connectivity index (χ4v) is 1.70. The van der Waals surface area contributed by atoms with Crippen LogP contribution in [0.4, 0.5) is 0 Å².